The van der Waals surface area contributed by atoms with Crippen LogP contribution in [0.4, 0.5) is 0 Å². The van der Waals surface area contributed by atoms with Crippen molar-refractivity contribution in [2.24, 2.45) is 11.8 Å². The van der Waals surface area contributed by atoms with Gasteiger partial charge in [-0.05, 0) is 63.6 Å². The summed E-state index contributed by atoms with van der Waals surface area (Å²) in [5.41, 5.74) is 0. The van der Waals surface area contributed by atoms with Crippen LogP contribution in [0.2, 0.25) is 0 Å². The average molecular weight is 213 g/mol. The Balaban J connectivity index is 2.20. The number of hydrogen-bond acceptors (Lipinski definition) is 2. The fourth-order valence-corrected chi connectivity index (χ4v) is 2.52. The van der Waals surface area contributed by atoms with Crippen molar-refractivity contribution >= 4 is 0 Å². The van der Waals surface area contributed by atoms with Crippen LogP contribution in [0.1, 0.15) is 46.0 Å². The van der Waals surface area contributed by atoms with Crippen LogP contribution in [0, 0.1) is 11.8 Å². The topological polar surface area (TPSA) is 23.5 Å². The average Bonchev–Trinajstić information content (AvgIpc) is 2.44. The minimum absolute atomic E-state index is 0.350. The number of nitrogens with zero attached hydrogens (tertiary/aromatic N) is 1. The maximum atomic E-state index is 8.75. The van der Waals surface area contributed by atoms with Crippen LogP contribution < -0.4 is 0 Å². The number of aliphatic hydroxyl groups excluding tert-OH is 1. The van der Waals surface area contributed by atoms with Gasteiger partial charge in [0.25, 0.3) is 0 Å². The Labute approximate surface area is 94.7 Å². The summed E-state index contributed by atoms with van der Waals surface area (Å²) in [7, 11) is 0. The molecule has 1 aliphatic rings. The lowest BCUT2D eigenvalue weighted by Crippen LogP contribution is -2.26. The van der Waals surface area contributed by atoms with Gasteiger partial charge in [-0.1, -0.05) is 13.8 Å². The van der Waals surface area contributed by atoms with Gasteiger partial charge in [-0.3, -0.25) is 0 Å². The lowest BCUT2D eigenvalue weighted by molar-refractivity contribution is 0.242. The SMILES string of the molecule is CC(C)C1CCCN(CCCCO)CC1. The molecule has 0 radical (unpaired) electrons. The summed E-state index contributed by atoms with van der Waals surface area (Å²) in [6.45, 7) is 8.79. The Hall–Kier alpha value is -0.0800. The van der Waals surface area contributed by atoms with Crippen LogP contribution in [0.25, 0.3) is 0 Å². The predicted octanol–water partition coefficient (Wildman–Crippen LogP) is 2.52. The van der Waals surface area contributed by atoms with Crippen LogP contribution in [-0.4, -0.2) is 36.2 Å². The molecule has 0 aromatic heterocycles. The highest BCUT2D eigenvalue weighted by Crippen LogP contribution is 2.24. The van der Waals surface area contributed by atoms with E-state index in [4.69, 9.17) is 5.11 Å². The highest BCUT2D eigenvalue weighted by Gasteiger charge is 2.18. The zero-order valence-electron chi connectivity index (χ0n) is 10.4. The molecule has 0 aromatic rings. The predicted molar refractivity (Wildman–Crippen MR) is 64.9 cm³/mol. The Morgan fingerprint density at radius 2 is 2.00 bits per heavy atom. The molecule has 1 fully saturated rings. The molecule has 1 N–H and O–H groups in total. The minimum atomic E-state index is 0.350. The van der Waals surface area contributed by atoms with Crippen molar-refractivity contribution < 1.29 is 5.11 Å². The molecule has 0 amide bonds. The molecule has 1 aliphatic heterocycles. The molecule has 0 aliphatic carbocycles. The Kier molecular flexibility index (Phi) is 6.26. The van der Waals surface area contributed by atoms with Gasteiger partial charge in [-0.25, -0.2) is 0 Å². The van der Waals surface area contributed by atoms with Crippen LogP contribution >= 0.6 is 0 Å². The molecule has 2 heteroatoms. The molecule has 0 bridgehead atoms. The number of unbranched alkanes of at least 4 members (excludes halogenated alkanes) is 1. The molecule has 1 rings (SSSR count). The van der Waals surface area contributed by atoms with Gasteiger partial charge < -0.3 is 10.0 Å². The van der Waals surface area contributed by atoms with Gasteiger partial charge in [0.1, 0.15) is 0 Å². The van der Waals surface area contributed by atoms with Crippen molar-refractivity contribution in [1.82, 2.24) is 4.90 Å². The lowest BCUT2D eigenvalue weighted by Gasteiger charge is -2.21. The number of hydrogen-bond donors (Lipinski definition) is 1. The first kappa shape index (κ1) is 13.0. The second-order valence-electron chi connectivity index (χ2n) is 5.21. The standard InChI is InChI=1S/C13H27NO/c1-12(2)13-6-5-9-14(10-7-13)8-3-4-11-15/h12-13,15H,3-11H2,1-2H3. The monoisotopic (exact) mass is 213 g/mol. The first-order chi connectivity index (χ1) is 7.24. The Morgan fingerprint density at radius 1 is 1.20 bits per heavy atom. The Bertz CT molecular complexity index is 159. The quantitative estimate of drug-likeness (QED) is 0.709. The third-order valence-electron chi connectivity index (χ3n) is 3.69. The van der Waals surface area contributed by atoms with Crippen molar-refractivity contribution in [3.63, 3.8) is 0 Å². The largest absolute Gasteiger partial charge is 0.396 e. The first-order valence-corrected chi connectivity index (χ1v) is 6.57. The van der Waals surface area contributed by atoms with Crippen LogP contribution in [-0.2, 0) is 0 Å². The van der Waals surface area contributed by atoms with E-state index < -0.39 is 0 Å². The van der Waals surface area contributed by atoms with Crippen LogP contribution in [0.15, 0.2) is 0 Å². The molecule has 1 heterocycles. The smallest absolute Gasteiger partial charge is 0.0431 e. The molecule has 90 valence electrons. The molecule has 1 atom stereocenters. The first-order valence-electron chi connectivity index (χ1n) is 6.57. The molecule has 15 heavy (non-hydrogen) atoms. The second-order valence-corrected chi connectivity index (χ2v) is 5.21. The molecular formula is C13H27NO. The summed E-state index contributed by atoms with van der Waals surface area (Å²) in [6.07, 6.45) is 6.26. The molecule has 1 unspecified atom stereocenters. The van der Waals surface area contributed by atoms with E-state index in [2.05, 4.69) is 18.7 Å². The number of likely N-dealkylation sites (tertiary alicyclic amines) is 1. The van der Waals surface area contributed by atoms with Gasteiger partial charge in [0.05, 0.1) is 0 Å². The van der Waals surface area contributed by atoms with E-state index in [0.29, 0.717) is 6.61 Å². The maximum absolute atomic E-state index is 8.75. The van der Waals surface area contributed by atoms with E-state index in [1.807, 2.05) is 0 Å². The van der Waals surface area contributed by atoms with Gasteiger partial charge >= 0.3 is 0 Å². The molecule has 2 nitrogen and oxygen atoms in total. The molecule has 1 saturated heterocycles. The van der Waals surface area contributed by atoms with Gasteiger partial charge in [0.2, 0.25) is 0 Å². The summed E-state index contributed by atoms with van der Waals surface area (Å²) in [4.78, 5) is 2.58. The van der Waals surface area contributed by atoms with Crippen molar-refractivity contribution in [2.75, 3.05) is 26.2 Å². The maximum Gasteiger partial charge on any atom is 0.0431 e. The zero-order chi connectivity index (χ0) is 11.1. The molecule has 0 aromatic carbocycles. The van der Waals surface area contributed by atoms with E-state index >= 15 is 0 Å². The van der Waals surface area contributed by atoms with Gasteiger partial charge in [-0.15, -0.1) is 0 Å². The highest BCUT2D eigenvalue weighted by atomic mass is 16.2. The van der Waals surface area contributed by atoms with Crippen molar-refractivity contribution in [3.8, 4) is 0 Å². The molecule has 0 saturated carbocycles. The van der Waals surface area contributed by atoms with E-state index in [9.17, 15) is 0 Å². The van der Waals surface area contributed by atoms with Gasteiger partial charge in [0, 0.05) is 6.61 Å². The second kappa shape index (κ2) is 7.24. The number of rotatable bonds is 5. The fraction of sp³-hybridized carbons (Fsp3) is 1.00. The van der Waals surface area contributed by atoms with Crippen molar-refractivity contribution in [1.29, 1.82) is 0 Å². The van der Waals surface area contributed by atoms with Gasteiger partial charge in [-0.2, -0.15) is 0 Å². The van der Waals surface area contributed by atoms with Crippen molar-refractivity contribution in [2.45, 2.75) is 46.0 Å². The fourth-order valence-electron chi connectivity index (χ4n) is 2.52. The third-order valence-corrected chi connectivity index (χ3v) is 3.69. The van der Waals surface area contributed by atoms with Crippen molar-refractivity contribution in [3.05, 3.63) is 0 Å². The summed E-state index contributed by atoms with van der Waals surface area (Å²) >= 11 is 0. The van der Waals surface area contributed by atoms with Crippen LogP contribution in [0.5, 0.6) is 0 Å². The Morgan fingerprint density at radius 3 is 2.67 bits per heavy atom. The van der Waals surface area contributed by atoms with Crippen LogP contribution in [0.3, 0.4) is 0 Å². The van der Waals surface area contributed by atoms with E-state index in [1.54, 1.807) is 0 Å². The zero-order valence-corrected chi connectivity index (χ0v) is 10.4. The van der Waals surface area contributed by atoms with E-state index in [0.717, 1.165) is 24.7 Å². The van der Waals surface area contributed by atoms with Gasteiger partial charge in [0.15, 0.2) is 0 Å². The summed E-state index contributed by atoms with van der Waals surface area (Å²) < 4.78 is 0. The van der Waals surface area contributed by atoms with E-state index in [1.165, 1.54) is 38.9 Å². The third kappa shape index (κ3) is 4.98. The summed E-state index contributed by atoms with van der Waals surface area (Å²) in [5.74, 6) is 1.79. The highest BCUT2D eigenvalue weighted by molar-refractivity contribution is 4.72. The molecular weight excluding hydrogens is 186 g/mol. The minimum Gasteiger partial charge on any atom is -0.396 e. The lowest BCUT2D eigenvalue weighted by atomic mass is 9.89. The summed E-state index contributed by atoms with van der Waals surface area (Å²) in [6, 6.07) is 0. The normalized spacial score (nSPS) is 24.4. The molecule has 0 spiro atoms. The summed E-state index contributed by atoms with van der Waals surface area (Å²) in [5, 5.41) is 8.75. The van der Waals surface area contributed by atoms with E-state index in [-0.39, 0.29) is 0 Å². The number of aliphatic hydroxyl groups is 1.